The summed E-state index contributed by atoms with van der Waals surface area (Å²) in [7, 11) is -3.41. The Hall–Kier alpha value is -2.00. The molecule has 0 atom stereocenters. The molecule has 0 saturated carbocycles. The largest absolute Gasteiger partial charge is 0.355 e. The van der Waals surface area contributed by atoms with Crippen molar-refractivity contribution in [3.8, 4) is 0 Å². The molecule has 6 nitrogen and oxygen atoms in total. The molecule has 0 aliphatic carbocycles. The van der Waals surface area contributed by atoms with Gasteiger partial charge >= 0.3 is 0 Å². The van der Waals surface area contributed by atoms with Crippen LogP contribution in [0, 0.1) is 5.82 Å². The number of halogens is 2. The average Bonchev–Trinajstić information content (AvgIpc) is 2.75. The maximum atomic E-state index is 12.9. The van der Waals surface area contributed by atoms with E-state index >= 15 is 0 Å². The molecular formula is C22H29ClFN3O3S. The Kier molecular flexibility index (Phi) is 9.90. The van der Waals surface area contributed by atoms with Crippen LogP contribution in [0.1, 0.15) is 11.1 Å². The molecule has 1 heterocycles. The lowest BCUT2D eigenvalue weighted by Gasteiger charge is -2.34. The number of piperazine rings is 1. The molecule has 0 radical (unpaired) electrons. The van der Waals surface area contributed by atoms with Crippen LogP contribution in [-0.4, -0.2) is 68.6 Å². The van der Waals surface area contributed by atoms with Crippen molar-refractivity contribution in [2.45, 2.75) is 12.8 Å². The summed E-state index contributed by atoms with van der Waals surface area (Å²) in [4.78, 5) is 14.3. The lowest BCUT2D eigenvalue weighted by atomic mass is 10.1. The van der Waals surface area contributed by atoms with E-state index in [4.69, 9.17) is 0 Å². The molecule has 0 spiro atoms. The van der Waals surface area contributed by atoms with Gasteiger partial charge in [0.25, 0.3) is 0 Å². The summed E-state index contributed by atoms with van der Waals surface area (Å²) in [6.07, 6.45) is 1.05. The number of nitrogens with zero attached hydrogens (tertiary/aromatic N) is 2. The molecule has 1 aliphatic rings. The molecule has 1 fully saturated rings. The maximum absolute atomic E-state index is 12.9. The van der Waals surface area contributed by atoms with Gasteiger partial charge in [0.2, 0.25) is 15.9 Å². The van der Waals surface area contributed by atoms with Crippen molar-refractivity contribution in [3.05, 3.63) is 71.5 Å². The Morgan fingerprint density at radius 2 is 1.58 bits per heavy atom. The van der Waals surface area contributed by atoms with E-state index in [1.165, 1.54) is 22.0 Å². The van der Waals surface area contributed by atoms with Gasteiger partial charge in [-0.3, -0.25) is 4.79 Å². The van der Waals surface area contributed by atoms with Crippen LogP contribution < -0.4 is 5.32 Å². The van der Waals surface area contributed by atoms with Crippen LogP contribution in [0.15, 0.2) is 54.6 Å². The fourth-order valence-corrected chi connectivity index (χ4v) is 4.80. The molecule has 0 bridgehead atoms. The van der Waals surface area contributed by atoms with Crippen LogP contribution in [-0.2, 0) is 27.7 Å². The SMILES string of the molecule is Cl.O=C(Cc1ccc(F)cc1)NCCS(=O)(=O)N1CCN(CCc2ccccc2)CC1. The summed E-state index contributed by atoms with van der Waals surface area (Å²) in [6.45, 7) is 3.35. The van der Waals surface area contributed by atoms with E-state index in [0.29, 0.717) is 31.7 Å². The molecule has 3 rings (SSSR count). The number of rotatable bonds is 9. The van der Waals surface area contributed by atoms with Gasteiger partial charge in [-0.25, -0.2) is 12.8 Å². The van der Waals surface area contributed by atoms with Crippen molar-refractivity contribution in [1.82, 2.24) is 14.5 Å². The minimum Gasteiger partial charge on any atom is -0.355 e. The normalized spacial score (nSPS) is 15.3. The topological polar surface area (TPSA) is 69.7 Å². The molecule has 1 amide bonds. The van der Waals surface area contributed by atoms with Crippen molar-refractivity contribution < 1.29 is 17.6 Å². The predicted molar refractivity (Wildman–Crippen MR) is 122 cm³/mol. The Bertz CT molecular complexity index is 919. The van der Waals surface area contributed by atoms with Crippen molar-refractivity contribution in [2.75, 3.05) is 45.0 Å². The highest BCUT2D eigenvalue weighted by atomic mass is 35.5. The summed E-state index contributed by atoms with van der Waals surface area (Å²) in [5.74, 6) is -0.750. The van der Waals surface area contributed by atoms with E-state index in [1.54, 1.807) is 12.1 Å². The summed E-state index contributed by atoms with van der Waals surface area (Å²) in [5.41, 5.74) is 1.97. The molecule has 170 valence electrons. The summed E-state index contributed by atoms with van der Waals surface area (Å²) in [6, 6.07) is 15.9. The zero-order chi connectivity index (χ0) is 21.4. The van der Waals surface area contributed by atoms with E-state index in [0.717, 1.165) is 13.0 Å². The molecule has 1 saturated heterocycles. The quantitative estimate of drug-likeness (QED) is 0.610. The smallest absolute Gasteiger partial charge is 0.224 e. The zero-order valence-corrected chi connectivity index (χ0v) is 19.0. The second-order valence-corrected chi connectivity index (χ2v) is 9.53. The average molecular weight is 470 g/mol. The van der Waals surface area contributed by atoms with Crippen LogP contribution in [0.3, 0.4) is 0 Å². The van der Waals surface area contributed by atoms with Crippen LogP contribution in [0.25, 0.3) is 0 Å². The molecule has 0 aromatic heterocycles. The van der Waals surface area contributed by atoms with Gasteiger partial charge in [0, 0.05) is 39.3 Å². The number of carbonyl (C=O) groups excluding carboxylic acids is 1. The molecule has 2 aromatic carbocycles. The highest BCUT2D eigenvalue weighted by Gasteiger charge is 2.26. The van der Waals surface area contributed by atoms with Crippen LogP contribution in [0.4, 0.5) is 4.39 Å². The second-order valence-electron chi connectivity index (χ2n) is 7.45. The van der Waals surface area contributed by atoms with Crippen molar-refractivity contribution >= 4 is 28.3 Å². The molecule has 2 aromatic rings. The highest BCUT2D eigenvalue weighted by molar-refractivity contribution is 7.89. The third-order valence-electron chi connectivity index (χ3n) is 5.24. The Morgan fingerprint density at radius 1 is 0.935 bits per heavy atom. The van der Waals surface area contributed by atoms with Crippen molar-refractivity contribution in [3.63, 3.8) is 0 Å². The van der Waals surface area contributed by atoms with Crippen molar-refractivity contribution in [1.29, 1.82) is 0 Å². The van der Waals surface area contributed by atoms with Crippen LogP contribution >= 0.6 is 12.4 Å². The van der Waals surface area contributed by atoms with E-state index in [9.17, 15) is 17.6 Å². The van der Waals surface area contributed by atoms with Gasteiger partial charge in [0.05, 0.1) is 12.2 Å². The van der Waals surface area contributed by atoms with Gasteiger partial charge in [-0.05, 0) is 29.7 Å². The minimum absolute atomic E-state index is 0. The standard InChI is InChI=1S/C22H28FN3O3S.ClH/c23-21-8-6-20(7-9-21)18-22(27)24-11-17-30(28,29)26-15-13-25(14-16-26)12-10-19-4-2-1-3-5-19;/h1-9H,10-18H2,(H,24,27);1H. The number of sulfonamides is 1. The molecule has 31 heavy (non-hydrogen) atoms. The Morgan fingerprint density at radius 3 is 2.23 bits per heavy atom. The lowest BCUT2D eigenvalue weighted by Crippen LogP contribution is -2.50. The van der Waals surface area contributed by atoms with E-state index in [2.05, 4.69) is 22.3 Å². The fourth-order valence-electron chi connectivity index (χ4n) is 3.46. The summed E-state index contributed by atoms with van der Waals surface area (Å²) in [5, 5.41) is 2.64. The molecule has 1 aliphatic heterocycles. The highest BCUT2D eigenvalue weighted by Crippen LogP contribution is 2.10. The third-order valence-corrected chi connectivity index (χ3v) is 7.12. The summed E-state index contributed by atoms with van der Waals surface area (Å²) >= 11 is 0. The van der Waals surface area contributed by atoms with Crippen molar-refractivity contribution in [2.24, 2.45) is 0 Å². The fraction of sp³-hybridized carbons (Fsp3) is 0.409. The number of hydrogen-bond donors (Lipinski definition) is 1. The first-order valence-corrected chi connectivity index (χ1v) is 11.8. The van der Waals surface area contributed by atoms with E-state index in [1.807, 2.05) is 18.2 Å². The maximum Gasteiger partial charge on any atom is 0.224 e. The Labute approximate surface area is 189 Å². The first-order valence-electron chi connectivity index (χ1n) is 10.2. The van der Waals surface area contributed by atoms with Crippen LogP contribution in [0.2, 0.25) is 0 Å². The zero-order valence-electron chi connectivity index (χ0n) is 17.4. The molecular weight excluding hydrogens is 441 g/mol. The monoisotopic (exact) mass is 469 g/mol. The lowest BCUT2D eigenvalue weighted by molar-refractivity contribution is -0.120. The first-order chi connectivity index (χ1) is 14.4. The summed E-state index contributed by atoms with van der Waals surface area (Å²) < 4.78 is 39.5. The first kappa shape index (κ1) is 25.3. The molecule has 1 N–H and O–H groups in total. The van der Waals surface area contributed by atoms with Gasteiger partial charge in [-0.2, -0.15) is 4.31 Å². The van der Waals surface area contributed by atoms with E-state index in [-0.39, 0.29) is 42.8 Å². The van der Waals surface area contributed by atoms with E-state index < -0.39 is 10.0 Å². The number of hydrogen-bond acceptors (Lipinski definition) is 4. The van der Waals surface area contributed by atoms with Gasteiger partial charge in [0.1, 0.15) is 5.82 Å². The third kappa shape index (κ3) is 8.22. The van der Waals surface area contributed by atoms with Gasteiger partial charge in [-0.15, -0.1) is 12.4 Å². The van der Waals surface area contributed by atoms with Gasteiger partial charge < -0.3 is 10.2 Å². The number of benzene rings is 2. The van der Waals surface area contributed by atoms with Gasteiger partial charge in [-0.1, -0.05) is 42.5 Å². The second kappa shape index (κ2) is 12.1. The van der Waals surface area contributed by atoms with Gasteiger partial charge in [0.15, 0.2) is 0 Å². The number of amides is 1. The number of nitrogens with one attached hydrogen (secondary N) is 1. The predicted octanol–water partition coefficient (Wildman–Crippen LogP) is 2.10. The van der Waals surface area contributed by atoms with Crippen LogP contribution in [0.5, 0.6) is 0 Å². The molecule has 9 heteroatoms. The minimum atomic E-state index is -3.41. The Balaban J connectivity index is 0.00000341. The molecule has 0 unspecified atom stereocenters. The number of carbonyl (C=O) groups is 1.